The van der Waals surface area contributed by atoms with Crippen molar-refractivity contribution in [2.24, 2.45) is 5.92 Å². The molecule has 180 valence electrons. The topological polar surface area (TPSA) is 105 Å². The number of sulfonamides is 1. The first-order valence-corrected chi connectivity index (χ1v) is 12.9. The Kier molecular flexibility index (Phi) is 7.48. The standard InChI is InChI=1S/C23H32N4O5S/c1-17-22(18(2)32-25-17)33(29,30)27-8-4-7-21(16-27)23(28)24-14-19-5-3-6-20(13-19)15-26-9-11-31-12-10-26/h3,5-6,13,21H,4,7-12,14-16H2,1-2H3,(H,24,28). The highest BCUT2D eigenvalue weighted by atomic mass is 32.2. The Hall–Kier alpha value is -2.27. The van der Waals surface area contributed by atoms with Crippen LogP contribution in [-0.2, 0) is 32.6 Å². The summed E-state index contributed by atoms with van der Waals surface area (Å²) in [5.74, 6) is -0.228. The molecule has 2 saturated heterocycles. The first kappa shape index (κ1) is 23.9. The van der Waals surface area contributed by atoms with Gasteiger partial charge in [0.15, 0.2) is 5.76 Å². The number of ether oxygens (including phenoxy) is 1. The van der Waals surface area contributed by atoms with Gasteiger partial charge in [-0.3, -0.25) is 9.69 Å². The van der Waals surface area contributed by atoms with Gasteiger partial charge in [-0.2, -0.15) is 4.31 Å². The second kappa shape index (κ2) is 10.3. The number of carbonyl (C=O) groups excluding carboxylic acids is 1. The Labute approximate surface area is 195 Å². The number of piperidine rings is 1. The molecule has 1 aromatic heterocycles. The maximum absolute atomic E-state index is 13.1. The third kappa shape index (κ3) is 5.63. The number of hydrogen-bond acceptors (Lipinski definition) is 7. The molecule has 4 rings (SSSR count). The minimum absolute atomic E-state index is 0.112. The zero-order valence-corrected chi connectivity index (χ0v) is 20.1. The molecule has 0 saturated carbocycles. The predicted molar refractivity (Wildman–Crippen MR) is 122 cm³/mol. The highest BCUT2D eigenvalue weighted by Gasteiger charge is 2.36. The summed E-state index contributed by atoms with van der Waals surface area (Å²) in [5, 5.41) is 6.77. The lowest BCUT2D eigenvalue weighted by molar-refractivity contribution is -0.126. The number of aryl methyl sites for hydroxylation is 2. The van der Waals surface area contributed by atoms with Crippen molar-refractivity contribution in [2.45, 2.75) is 44.7 Å². The number of nitrogens with one attached hydrogen (secondary N) is 1. The number of aromatic nitrogens is 1. The lowest BCUT2D eigenvalue weighted by Gasteiger charge is -2.31. The Morgan fingerprint density at radius 1 is 1.18 bits per heavy atom. The van der Waals surface area contributed by atoms with Crippen LogP contribution >= 0.6 is 0 Å². The Bertz CT molecular complexity index is 1060. The van der Waals surface area contributed by atoms with E-state index in [1.807, 2.05) is 12.1 Å². The molecule has 0 spiro atoms. The van der Waals surface area contributed by atoms with Crippen LogP contribution in [0.1, 0.15) is 35.4 Å². The molecule has 2 fully saturated rings. The van der Waals surface area contributed by atoms with Crippen LogP contribution < -0.4 is 5.32 Å². The van der Waals surface area contributed by atoms with Gasteiger partial charge in [-0.05, 0) is 37.8 Å². The minimum Gasteiger partial charge on any atom is -0.379 e. The van der Waals surface area contributed by atoms with E-state index < -0.39 is 10.0 Å². The van der Waals surface area contributed by atoms with Gasteiger partial charge >= 0.3 is 0 Å². The van der Waals surface area contributed by atoms with Crippen LogP contribution in [0.15, 0.2) is 33.7 Å². The molecule has 33 heavy (non-hydrogen) atoms. The van der Waals surface area contributed by atoms with Gasteiger partial charge in [-0.25, -0.2) is 8.42 Å². The average molecular weight is 477 g/mol. The Morgan fingerprint density at radius 2 is 1.94 bits per heavy atom. The lowest BCUT2D eigenvalue weighted by atomic mass is 9.98. The maximum atomic E-state index is 13.1. The highest BCUT2D eigenvalue weighted by Crippen LogP contribution is 2.27. The molecule has 0 radical (unpaired) electrons. The monoisotopic (exact) mass is 476 g/mol. The maximum Gasteiger partial charge on any atom is 0.248 e. The van der Waals surface area contributed by atoms with Gasteiger partial charge in [0.2, 0.25) is 15.9 Å². The first-order valence-electron chi connectivity index (χ1n) is 11.4. The number of benzene rings is 1. The van der Waals surface area contributed by atoms with Crippen LogP contribution in [0.4, 0.5) is 0 Å². The first-order chi connectivity index (χ1) is 15.8. The zero-order valence-electron chi connectivity index (χ0n) is 19.2. The van der Waals surface area contributed by atoms with Gasteiger partial charge in [0.05, 0.1) is 19.1 Å². The number of amides is 1. The molecule has 1 unspecified atom stereocenters. The quantitative estimate of drug-likeness (QED) is 0.650. The summed E-state index contributed by atoms with van der Waals surface area (Å²) in [5.41, 5.74) is 2.58. The number of rotatable bonds is 7. The number of nitrogens with zero attached hydrogens (tertiary/aromatic N) is 3. The van der Waals surface area contributed by atoms with E-state index in [2.05, 4.69) is 27.5 Å². The van der Waals surface area contributed by atoms with Crippen LogP contribution in [0.25, 0.3) is 0 Å². The van der Waals surface area contributed by atoms with Gasteiger partial charge in [0.25, 0.3) is 0 Å². The molecule has 0 aliphatic carbocycles. The van der Waals surface area contributed by atoms with Gasteiger partial charge < -0.3 is 14.6 Å². The summed E-state index contributed by atoms with van der Waals surface area (Å²) in [7, 11) is -3.75. The molecule has 1 amide bonds. The zero-order chi connectivity index (χ0) is 23.4. The van der Waals surface area contributed by atoms with E-state index in [1.165, 1.54) is 9.87 Å². The van der Waals surface area contributed by atoms with Crippen molar-refractivity contribution >= 4 is 15.9 Å². The number of morpholine rings is 1. The smallest absolute Gasteiger partial charge is 0.248 e. The fraction of sp³-hybridized carbons (Fsp3) is 0.565. The fourth-order valence-electron chi connectivity index (χ4n) is 4.54. The molecule has 1 aromatic carbocycles. The molecule has 0 bridgehead atoms. The minimum atomic E-state index is -3.75. The van der Waals surface area contributed by atoms with E-state index in [0.29, 0.717) is 31.6 Å². The molecular weight excluding hydrogens is 444 g/mol. The molecule has 1 N–H and O–H groups in total. The lowest BCUT2D eigenvalue weighted by Crippen LogP contribution is -2.45. The second-order valence-corrected chi connectivity index (χ2v) is 10.7. The van der Waals surface area contributed by atoms with E-state index >= 15 is 0 Å². The molecule has 10 heteroatoms. The Balaban J connectivity index is 1.35. The number of carbonyl (C=O) groups is 1. The van der Waals surface area contributed by atoms with Crippen LogP contribution in [-0.4, -0.2) is 68.1 Å². The second-order valence-electron chi connectivity index (χ2n) is 8.78. The molecule has 9 nitrogen and oxygen atoms in total. The third-order valence-corrected chi connectivity index (χ3v) is 8.40. The van der Waals surface area contributed by atoms with E-state index in [0.717, 1.165) is 38.4 Å². The normalized spacial score (nSPS) is 20.6. The van der Waals surface area contributed by atoms with Crippen molar-refractivity contribution in [1.29, 1.82) is 0 Å². The van der Waals surface area contributed by atoms with E-state index in [4.69, 9.17) is 9.26 Å². The highest BCUT2D eigenvalue weighted by molar-refractivity contribution is 7.89. The van der Waals surface area contributed by atoms with Crippen LogP contribution in [0.3, 0.4) is 0 Å². The number of hydrogen-bond donors (Lipinski definition) is 1. The third-order valence-electron chi connectivity index (χ3n) is 6.29. The van der Waals surface area contributed by atoms with Crippen LogP contribution in [0.5, 0.6) is 0 Å². The Morgan fingerprint density at radius 3 is 2.67 bits per heavy atom. The largest absolute Gasteiger partial charge is 0.379 e. The van der Waals surface area contributed by atoms with Crippen molar-refractivity contribution < 1.29 is 22.5 Å². The van der Waals surface area contributed by atoms with Crippen molar-refractivity contribution in [3.05, 3.63) is 46.8 Å². The van der Waals surface area contributed by atoms with Crippen LogP contribution in [0.2, 0.25) is 0 Å². The summed E-state index contributed by atoms with van der Waals surface area (Å²) in [4.78, 5) is 15.4. The molecule has 2 aliphatic rings. The SMILES string of the molecule is Cc1noc(C)c1S(=O)(=O)N1CCCC(C(=O)NCc2cccc(CN3CCOCC3)c2)C1. The van der Waals surface area contributed by atoms with Crippen molar-refractivity contribution in [3.63, 3.8) is 0 Å². The summed E-state index contributed by atoms with van der Waals surface area (Å²) >= 11 is 0. The molecule has 2 aliphatic heterocycles. The van der Waals surface area contributed by atoms with Crippen LogP contribution in [0, 0.1) is 19.8 Å². The summed E-state index contributed by atoms with van der Waals surface area (Å²) in [6, 6.07) is 8.22. The van der Waals surface area contributed by atoms with Crippen molar-refractivity contribution in [1.82, 2.24) is 19.7 Å². The molecule has 1 atom stereocenters. The van der Waals surface area contributed by atoms with Gasteiger partial charge in [0, 0.05) is 39.3 Å². The van der Waals surface area contributed by atoms with Gasteiger partial charge in [-0.1, -0.05) is 29.4 Å². The summed E-state index contributed by atoms with van der Waals surface area (Å²) < 4.78 is 38.1. The van der Waals surface area contributed by atoms with E-state index in [9.17, 15) is 13.2 Å². The van der Waals surface area contributed by atoms with Gasteiger partial charge in [0.1, 0.15) is 10.6 Å². The van der Waals surface area contributed by atoms with E-state index in [-0.39, 0.29) is 29.0 Å². The van der Waals surface area contributed by atoms with Crippen molar-refractivity contribution in [2.75, 3.05) is 39.4 Å². The molecule has 3 heterocycles. The summed E-state index contributed by atoms with van der Waals surface area (Å²) in [6.07, 6.45) is 1.30. The molecular formula is C23H32N4O5S. The van der Waals surface area contributed by atoms with Crippen molar-refractivity contribution in [3.8, 4) is 0 Å². The predicted octanol–water partition coefficient (Wildman–Crippen LogP) is 1.84. The molecule has 2 aromatic rings. The van der Waals surface area contributed by atoms with E-state index in [1.54, 1.807) is 13.8 Å². The van der Waals surface area contributed by atoms with Gasteiger partial charge in [-0.15, -0.1) is 0 Å². The summed E-state index contributed by atoms with van der Waals surface area (Å²) in [6.45, 7) is 8.42. The average Bonchev–Trinajstić information content (AvgIpc) is 3.17. The fourth-order valence-corrected chi connectivity index (χ4v) is 6.35.